The third-order valence-electron chi connectivity index (χ3n) is 13.4. The highest BCUT2D eigenvalue weighted by Crippen LogP contribution is 2.43. The van der Waals surface area contributed by atoms with Gasteiger partial charge in [0.1, 0.15) is 0 Å². The normalized spacial score (nSPS) is 13.3. The van der Waals surface area contributed by atoms with Gasteiger partial charge in [0.25, 0.3) is 0 Å². The van der Waals surface area contributed by atoms with Crippen LogP contribution < -0.4 is 32.8 Å². The Kier molecular flexibility index (Phi) is 5.44. The average molecular weight is 704 g/mol. The number of para-hydroxylation sites is 3. The van der Waals surface area contributed by atoms with Crippen molar-refractivity contribution < 1.29 is 0 Å². The van der Waals surface area contributed by atoms with E-state index < -0.39 is 0 Å². The molecule has 2 aromatic heterocycles. The van der Waals surface area contributed by atoms with Crippen molar-refractivity contribution in [2.24, 2.45) is 0 Å². The molecule has 14 rings (SSSR count). The van der Waals surface area contributed by atoms with Gasteiger partial charge in [-0.1, -0.05) is 184 Å². The molecule has 0 bridgehead atoms. The molecule has 0 radical (unpaired) electrons. The molecule has 0 aliphatic carbocycles. The molecule has 0 N–H and O–H groups in total. The van der Waals surface area contributed by atoms with Gasteiger partial charge in [0.2, 0.25) is 13.4 Å². The summed E-state index contributed by atoms with van der Waals surface area (Å²) < 4.78 is 5.06. The van der Waals surface area contributed by atoms with Crippen molar-refractivity contribution in [3.63, 3.8) is 0 Å². The van der Waals surface area contributed by atoms with Gasteiger partial charge in [-0.25, -0.2) is 0 Å². The topological polar surface area (TPSA) is 9.34 Å². The van der Waals surface area contributed by atoms with E-state index in [0.717, 1.165) is 0 Å². The summed E-state index contributed by atoms with van der Waals surface area (Å²) in [5.74, 6) is 0. The summed E-state index contributed by atoms with van der Waals surface area (Å²) in [6.45, 7) is 0.328. The molecule has 2 aliphatic rings. The SMILES string of the molecule is c1ccc(B2c3cccc4c3B(c3ccccc3-4)c3cc4ccc5c6c(ccc(c32)c46)cc2c5n(-c3ccccc3)c3cccc4c5ccccc5n2c43)cc1. The Morgan fingerprint density at radius 3 is 1.91 bits per heavy atom. The summed E-state index contributed by atoms with van der Waals surface area (Å²) in [4.78, 5) is 0. The Morgan fingerprint density at radius 2 is 1.02 bits per heavy atom. The second-order valence-electron chi connectivity index (χ2n) is 15.9. The molecule has 0 spiro atoms. The largest absolute Gasteiger partial charge is 0.306 e. The van der Waals surface area contributed by atoms with Crippen LogP contribution in [0, 0.1) is 0 Å². The molecule has 0 amide bonds. The van der Waals surface area contributed by atoms with Crippen molar-refractivity contribution >= 4 is 117 Å². The van der Waals surface area contributed by atoms with Crippen molar-refractivity contribution in [2.75, 3.05) is 0 Å². The molecular formula is C52H30B2N2. The lowest BCUT2D eigenvalue weighted by molar-refractivity contribution is 1.14. The van der Waals surface area contributed by atoms with Crippen molar-refractivity contribution in [3.05, 3.63) is 182 Å². The first kappa shape index (κ1) is 29.3. The van der Waals surface area contributed by atoms with Crippen molar-refractivity contribution in [2.45, 2.75) is 0 Å². The van der Waals surface area contributed by atoms with Crippen molar-refractivity contribution in [1.29, 1.82) is 0 Å². The predicted octanol–water partition coefficient (Wildman–Crippen LogP) is 8.41. The third kappa shape index (κ3) is 3.48. The van der Waals surface area contributed by atoms with Gasteiger partial charge in [-0.3, -0.25) is 0 Å². The van der Waals surface area contributed by atoms with Crippen LogP contribution in [-0.2, 0) is 0 Å². The zero-order valence-electron chi connectivity index (χ0n) is 30.4. The average Bonchev–Trinajstić information content (AvgIpc) is 3.79. The summed E-state index contributed by atoms with van der Waals surface area (Å²) >= 11 is 0. The zero-order chi connectivity index (χ0) is 36.2. The fourth-order valence-electron chi connectivity index (χ4n) is 11.3. The van der Waals surface area contributed by atoms with Crippen LogP contribution in [0.4, 0.5) is 0 Å². The van der Waals surface area contributed by atoms with E-state index >= 15 is 0 Å². The maximum Gasteiger partial charge on any atom is 0.241 e. The third-order valence-corrected chi connectivity index (χ3v) is 13.4. The first-order valence-electron chi connectivity index (χ1n) is 19.8. The van der Waals surface area contributed by atoms with E-state index in [9.17, 15) is 0 Å². The minimum atomic E-state index is 0.123. The summed E-state index contributed by atoms with van der Waals surface area (Å²) in [6, 6.07) is 68.8. The van der Waals surface area contributed by atoms with Crippen molar-refractivity contribution in [3.8, 4) is 16.8 Å². The van der Waals surface area contributed by atoms with E-state index in [2.05, 4.69) is 191 Å². The van der Waals surface area contributed by atoms with Crippen LogP contribution in [-0.4, -0.2) is 22.4 Å². The van der Waals surface area contributed by atoms with Gasteiger partial charge in [0.15, 0.2) is 0 Å². The maximum atomic E-state index is 2.56. The standard InChI is InChI=1S/C52H30B2N2/c1-3-13-33(14-4-1)53-42-22-11-19-37-35-17-7-9-21-41(35)54(49(37)42)43-29-31-26-28-40-48-32(25-27-39(47(31)48)50(43)53)30-46-52(40)55(34-15-5-2-6-16-34)45-24-12-20-38-36-18-8-10-23-44(36)56(46)51(38)45/h1-30H. The van der Waals surface area contributed by atoms with Gasteiger partial charge >= 0.3 is 0 Å². The molecule has 12 aromatic rings. The summed E-state index contributed by atoms with van der Waals surface area (Å²) in [5.41, 5.74) is 18.7. The molecule has 0 atom stereocenters. The monoisotopic (exact) mass is 704 g/mol. The van der Waals surface area contributed by atoms with E-state index in [1.165, 1.54) is 120 Å². The van der Waals surface area contributed by atoms with Crippen LogP contribution in [0.25, 0.3) is 87.5 Å². The zero-order valence-corrected chi connectivity index (χ0v) is 30.4. The second-order valence-corrected chi connectivity index (χ2v) is 15.9. The summed E-state index contributed by atoms with van der Waals surface area (Å²) in [6.07, 6.45) is 0. The number of hydrogen-bond acceptors (Lipinski definition) is 0. The van der Waals surface area contributed by atoms with E-state index in [1.54, 1.807) is 0 Å². The smallest absolute Gasteiger partial charge is 0.241 e. The van der Waals surface area contributed by atoms with Crippen LogP contribution >= 0.6 is 0 Å². The highest BCUT2D eigenvalue weighted by molar-refractivity contribution is 7.13. The fourth-order valence-corrected chi connectivity index (χ4v) is 11.3. The fraction of sp³-hybridized carbons (Fsp3) is 0. The Balaban J connectivity index is 1.19. The summed E-state index contributed by atoms with van der Waals surface area (Å²) in [5, 5.41) is 10.5. The van der Waals surface area contributed by atoms with Gasteiger partial charge in [0.05, 0.1) is 27.6 Å². The molecule has 56 heavy (non-hydrogen) atoms. The number of fused-ring (bicyclic) bond motifs is 12. The molecule has 2 aliphatic heterocycles. The van der Waals surface area contributed by atoms with Gasteiger partial charge in [-0.15, -0.1) is 0 Å². The van der Waals surface area contributed by atoms with Gasteiger partial charge < -0.3 is 8.97 Å². The highest BCUT2D eigenvalue weighted by atomic mass is 15.0. The van der Waals surface area contributed by atoms with Crippen molar-refractivity contribution in [1.82, 2.24) is 8.97 Å². The molecule has 254 valence electrons. The quantitative estimate of drug-likeness (QED) is 0.0972. The van der Waals surface area contributed by atoms with E-state index in [1.807, 2.05) is 0 Å². The minimum Gasteiger partial charge on any atom is -0.306 e. The number of aromatic nitrogens is 2. The van der Waals surface area contributed by atoms with Gasteiger partial charge in [-0.05, 0) is 68.4 Å². The molecule has 2 nitrogen and oxygen atoms in total. The van der Waals surface area contributed by atoms with E-state index in [4.69, 9.17) is 0 Å². The van der Waals surface area contributed by atoms with E-state index in [-0.39, 0.29) is 13.4 Å². The molecule has 0 fully saturated rings. The number of hydrogen-bond donors (Lipinski definition) is 0. The van der Waals surface area contributed by atoms with Crippen LogP contribution in [0.2, 0.25) is 0 Å². The molecule has 0 saturated carbocycles. The molecule has 4 heteroatoms. The number of rotatable bonds is 2. The first-order chi connectivity index (χ1) is 27.8. The Hall–Kier alpha value is -7.03. The lowest BCUT2D eigenvalue weighted by Gasteiger charge is -2.32. The molecule has 0 unspecified atom stereocenters. The predicted molar refractivity (Wildman–Crippen MR) is 241 cm³/mol. The van der Waals surface area contributed by atoms with Crippen LogP contribution in [0.5, 0.6) is 0 Å². The van der Waals surface area contributed by atoms with Crippen LogP contribution in [0.3, 0.4) is 0 Å². The molecule has 10 aromatic carbocycles. The van der Waals surface area contributed by atoms with Gasteiger partial charge in [-0.2, -0.15) is 0 Å². The first-order valence-corrected chi connectivity index (χ1v) is 19.8. The highest BCUT2D eigenvalue weighted by Gasteiger charge is 2.45. The second kappa shape index (κ2) is 10.4. The molecular weight excluding hydrogens is 674 g/mol. The summed E-state index contributed by atoms with van der Waals surface area (Å²) in [7, 11) is 0. The van der Waals surface area contributed by atoms with Crippen LogP contribution in [0.15, 0.2) is 182 Å². The number of benzene rings is 10. The van der Waals surface area contributed by atoms with E-state index in [0.29, 0.717) is 0 Å². The minimum absolute atomic E-state index is 0.123. The lowest BCUT2D eigenvalue weighted by Crippen LogP contribution is -2.73. The Morgan fingerprint density at radius 1 is 0.357 bits per heavy atom. The molecule has 4 heterocycles. The number of nitrogens with zero attached hydrogens (tertiary/aromatic N) is 2. The van der Waals surface area contributed by atoms with Gasteiger partial charge in [0, 0.05) is 21.8 Å². The van der Waals surface area contributed by atoms with Crippen LogP contribution in [0.1, 0.15) is 0 Å². The molecule has 0 saturated heterocycles. The Labute approximate surface area is 323 Å². The lowest BCUT2D eigenvalue weighted by atomic mass is 9.21. The Bertz CT molecular complexity index is 3650. The maximum absolute atomic E-state index is 2.56.